The lowest BCUT2D eigenvalue weighted by Gasteiger charge is -2.10. The van der Waals surface area contributed by atoms with Gasteiger partial charge in [-0.2, -0.15) is 0 Å². The third kappa shape index (κ3) is 4.19. The van der Waals surface area contributed by atoms with Gasteiger partial charge in [-0.15, -0.1) is 0 Å². The lowest BCUT2D eigenvalue weighted by atomic mass is 9.98. The van der Waals surface area contributed by atoms with Crippen molar-refractivity contribution in [3.8, 4) is 11.5 Å². The van der Waals surface area contributed by atoms with Gasteiger partial charge in [0.25, 0.3) is 0 Å². The SMILES string of the molecule is CC(C)c1ccc(O)c2[nH]c(=O)ccc12.CC(C)c1ccc(O)c2[nH]c(=O)sc12. The first-order valence-corrected chi connectivity index (χ1v) is 10.2. The fourth-order valence-electron chi connectivity index (χ4n) is 3.26. The van der Waals surface area contributed by atoms with Crippen molar-refractivity contribution in [3.05, 3.63) is 67.5 Å². The predicted octanol–water partition coefficient (Wildman–Crippen LogP) is 4.78. The smallest absolute Gasteiger partial charge is 0.305 e. The maximum absolute atomic E-state index is 11.2. The van der Waals surface area contributed by atoms with Crippen LogP contribution < -0.4 is 10.4 Å². The summed E-state index contributed by atoms with van der Waals surface area (Å²) in [6.07, 6.45) is 0. The summed E-state index contributed by atoms with van der Waals surface area (Å²) in [5, 5.41) is 20.1. The third-order valence-corrected chi connectivity index (χ3v) is 5.67. The molecule has 2 aromatic carbocycles. The van der Waals surface area contributed by atoms with Crippen LogP contribution in [0.1, 0.15) is 50.7 Å². The average molecular weight is 413 g/mol. The fraction of sp³-hybridized carbons (Fsp3) is 0.273. The first-order chi connectivity index (χ1) is 13.7. The van der Waals surface area contributed by atoms with Crippen molar-refractivity contribution in [3.63, 3.8) is 0 Å². The highest BCUT2D eigenvalue weighted by atomic mass is 32.1. The Morgan fingerprint density at radius 1 is 0.759 bits per heavy atom. The molecule has 2 aromatic heterocycles. The topological polar surface area (TPSA) is 106 Å². The number of rotatable bonds is 2. The molecule has 2 heterocycles. The summed E-state index contributed by atoms with van der Waals surface area (Å²) in [6.45, 7) is 8.29. The summed E-state index contributed by atoms with van der Waals surface area (Å²) in [6, 6.07) is 10.2. The van der Waals surface area contributed by atoms with Crippen LogP contribution in [0.4, 0.5) is 0 Å². The Bertz CT molecular complexity index is 1280. The number of phenols is 2. The molecule has 0 amide bonds. The van der Waals surface area contributed by atoms with E-state index in [4.69, 9.17) is 0 Å². The number of phenolic OH excluding ortho intramolecular Hbond substituents is 2. The molecule has 0 unspecified atom stereocenters. The van der Waals surface area contributed by atoms with E-state index in [1.807, 2.05) is 12.1 Å². The molecular formula is C22H24N2O4S. The molecule has 0 saturated heterocycles. The summed E-state index contributed by atoms with van der Waals surface area (Å²) >= 11 is 1.15. The molecular weight excluding hydrogens is 388 g/mol. The molecule has 0 radical (unpaired) electrons. The minimum atomic E-state index is -0.196. The van der Waals surface area contributed by atoms with E-state index in [2.05, 4.69) is 37.7 Å². The lowest BCUT2D eigenvalue weighted by molar-refractivity contribution is 0.479. The highest BCUT2D eigenvalue weighted by Crippen LogP contribution is 2.32. The Morgan fingerprint density at radius 2 is 1.34 bits per heavy atom. The van der Waals surface area contributed by atoms with Gasteiger partial charge in [0, 0.05) is 11.5 Å². The van der Waals surface area contributed by atoms with Gasteiger partial charge >= 0.3 is 4.87 Å². The Labute approximate surface area is 171 Å². The van der Waals surface area contributed by atoms with Gasteiger partial charge in [-0.1, -0.05) is 51.2 Å². The van der Waals surface area contributed by atoms with Crippen LogP contribution in [0.15, 0.2) is 46.0 Å². The third-order valence-electron chi connectivity index (χ3n) is 4.74. The molecule has 0 aliphatic rings. The lowest BCUT2D eigenvalue weighted by Crippen LogP contribution is -2.03. The molecule has 29 heavy (non-hydrogen) atoms. The second-order valence-corrected chi connectivity index (χ2v) is 8.47. The van der Waals surface area contributed by atoms with Crippen LogP contribution in [0.5, 0.6) is 11.5 Å². The van der Waals surface area contributed by atoms with Crippen LogP contribution in [0, 0.1) is 0 Å². The number of aromatic hydroxyl groups is 2. The highest BCUT2D eigenvalue weighted by molar-refractivity contribution is 7.16. The minimum Gasteiger partial charge on any atom is -0.506 e. The van der Waals surface area contributed by atoms with Crippen molar-refractivity contribution < 1.29 is 10.2 Å². The van der Waals surface area contributed by atoms with Crippen LogP contribution in [0.25, 0.3) is 21.1 Å². The van der Waals surface area contributed by atoms with Crippen molar-refractivity contribution in [2.45, 2.75) is 39.5 Å². The number of hydrogen-bond acceptors (Lipinski definition) is 5. The van der Waals surface area contributed by atoms with Crippen molar-refractivity contribution in [1.82, 2.24) is 9.97 Å². The van der Waals surface area contributed by atoms with Crippen LogP contribution >= 0.6 is 11.3 Å². The molecule has 7 heteroatoms. The van der Waals surface area contributed by atoms with Crippen LogP contribution in [-0.4, -0.2) is 20.2 Å². The molecule has 4 rings (SSSR count). The number of hydrogen-bond donors (Lipinski definition) is 4. The first kappa shape index (κ1) is 20.7. The van der Waals surface area contributed by atoms with E-state index in [1.54, 1.807) is 18.2 Å². The number of benzene rings is 2. The molecule has 152 valence electrons. The van der Waals surface area contributed by atoms with Gasteiger partial charge < -0.3 is 20.2 Å². The Balaban J connectivity index is 0.000000166. The summed E-state index contributed by atoms with van der Waals surface area (Å²) in [5.74, 6) is 0.971. The Morgan fingerprint density at radius 3 is 1.97 bits per heavy atom. The van der Waals surface area contributed by atoms with Crippen LogP contribution in [0.3, 0.4) is 0 Å². The zero-order valence-corrected chi connectivity index (χ0v) is 17.6. The van der Waals surface area contributed by atoms with Crippen molar-refractivity contribution in [2.75, 3.05) is 0 Å². The molecule has 0 atom stereocenters. The van der Waals surface area contributed by atoms with E-state index in [9.17, 15) is 19.8 Å². The predicted molar refractivity (Wildman–Crippen MR) is 119 cm³/mol. The van der Waals surface area contributed by atoms with E-state index in [-0.39, 0.29) is 21.9 Å². The Kier molecular flexibility index (Phi) is 5.79. The monoisotopic (exact) mass is 412 g/mol. The van der Waals surface area contributed by atoms with Gasteiger partial charge in [-0.3, -0.25) is 9.59 Å². The van der Waals surface area contributed by atoms with E-state index in [0.29, 0.717) is 22.9 Å². The normalized spacial score (nSPS) is 11.2. The van der Waals surface area contributed by atoms with Gasteiger partial charge in [0.15, 0.2) is 0 Å². The molecule has 6 nitrogen and oxygen atoms in total. The van der Waals surface area contributed by atoms with Gasteiger partial charge in [-0.25, -0.2) is 0 Å². The van der Waals surface area contributed by atoms with Crippen LogP contribution in [-0.2, 0) is 0 Å². The molecule has 0 aliphatic heterocycles. The van der Waals surface area contributed by atoms with Crippen LogP contribution in [0.2, 0.25) is 0 Å². The standard InChI is InChI=1S/C12H13NO2.C10H11NO2S/c1-7(2)8-3-5-10(14)12-9(8)4-6-11(15)13-12;1-5(2)6-3-4-7(12)8-9(6)14-10(13)11-8/h3-7,14H,1-2H3,(H,13,15);3-5,12H,1-2H3,(H,11,13). The molecule has 0 spiro atoms. The zero-order chi connectivity index (χ0) is 21.3. The number of aromatic amines is 2. The number of fused-ring (bicyclic) bond motifs is 2. The first-order valence-electron chi connectivity index (χ1n) is 9.38. The summed E-state index contributed by atoms with van der Waals surface area (Å²) in [7, 11) is 0. The van der Waals surface area contributed by atoms with E-state index < -0.39 is 0 Å². The maximum atomic E-state index is 11.2. The number of aromatic nitrogens is 2. The molecule has 0 fully saturated rings. The average Bonchev–Trinajstić information content (AvgIpc) is 3.05. The second kappa shape index (κ2) is 8.13. The largest absolute Gasteiger partial charge is 0.506 e. The van der Waals surface area contributed by atoms with Gasteiger partial charge in [0.2, 0.25) is 5.56 Å². The number of H-pyrrole nitrogens is 2. The Hall–Kier alpha value is -3.06. The summed E-state index contributed by atoms with van der Waals surface area (Å²) in [5.41, 5.74) is 3.11. The quantitative estimate of drug-likeness (QED) is 0.380. The molecule has 0 bridgehead atoms. The minimum absolute atomic E-state index is 0.118. The van der Waals surface area contributed by atoms with Crippen molar-refractivity contribution in [2.24, 2.45) is 0 Å². The number of nitrogens with one attached hydrogen (secondary N) is 2. The van der Waals surface area contributed by atoms with E-state index >= 15 is 0 Å². The number of pyridine rings is 1. The van der Waals surface area contributed by atoms with Gasteiger partial charge in [0.1, 0.15) is 17.0 Å². The fourth-order valence-corrected chi connectivity index (χ4v) is 4.27. The molecule has 0 aliphatic carbocycles. The molecule has 4 N–H and O–H groups in total. The van der Waals surface area contributed by atoms with Gasteiger partial charge in [0.05, 0.1) is 10.2 Å². The zero-order valence-electron chi connectivity index (χ0n) is 16.7. The van der Waals surface area contributed by atoms with Gasteiger partial charge in [-0.05, 0) is 41.2 Å². The molecule has 0 saturated carbocycles. The van der Waals surface area contributed by atoms with E-state index in [0.717, 1.165) is 32.5 Å². The van der Waals surface area contributed by atoms with Crippen molar-refractivity contribution in [1.29, 1.82) is 0 Å². The second-order valence-electron chi connectivity index (χ2n) is 7.49. The summed E-state index contributed by atoms with van der Waals surface area (Å²) in [4.78, 5) is 27.5. The highest BCUT2D eigenvalue weighted by Gasteiger charge is 2.11. The molecule has 4 aromatic rings. The maximum Gasteiger partial charge on any atom is 0.305 e. The van der Waals surface area contributed by atoms with Crippen molar-refractivity contribution >= 4 is 32.5 Å². The summed E-state index contributed by atoms with van der Waals surface area (Å²) < 4.78 is 0.866. The van der Waals surface area contributed by atoms with E-state index in [1.165, 1.54) is 6.07 Å². The number of thiazole rings is 1.